The van der Waals surface area contributed by atoms with Crippen LogP contribution in [0.1, 0.15) is 122 Å². The van der Waals surface area contributed by atoms with Gasteiger partial charge in [-0.15, -0.1) is 11.3 Å². The van der Waals surface area contributed by atoms with Crippen molar-refractivity contribution < 1.29 is 38.5 Å². The van der Waals surface area contributed by atoms with Crippen LogP contribution >= 0.6 is 22.9 Å². The van der Waals surface area contributed by atoms with Crippen LogP contribution in [0.15, 0.2) is 66.2 Å². The number of aliphatic hydroxyl groups excluding tert-OH is 1. The van der Waals surface area contributed by atoms with Crippen LogP contribution in [0.2, 0.25) is 5.02 Å². The van der Waals surface area contributed by atoms with E-state index >= 15 is 0 Å². The van der Waals surface area contributed by atoms with Gasteiger partial charge < -0.3 is 44.7 Å². The fraction of sp³-hybridized carbons (Fsp3) is 0.565. The molecule has 2 aromatic heterocycles. The van der Waals surface area contributed by atoms with Crippen molar-refractivity contribution in [2.24, 2.45) is 5.41 Å². The molecule has 440 valence electrons. The van der Waals surface area contributed by atoms with Crippen molar-refractivity contribution in [1.82, 2.24) is 40.3 Å². The number of rotatable bonds is 18. The zero-order chi connectivity index (χ0) is 58.0. The number of thiazole rings is 1. The molecular weight excluding hydrogens is 1080 g/mol. The van der Waals surface area contributed by atoms with E-state index in [-0.39, 0.29) is 68.1 Å². The highest BCUT2D eigenvalue weighted by Gasteiger charge is 2.47. The Kier molecular flexibility index (Phi) is 18.0. The maximum Gasteiger partial charge on any atom is 0.410 e. The molecule has 0 aliphatic carbocycles. The van der Waals surface area contributed by atoms with Gasteiger partial charge in [0.1, 0.15) is 30.1 Å². The molecule has 4 saturated heterocycles. The number of amides is 4. The molecule has 7 heterocycles. The van der Waals surface area contributed by atoms with E-state index in [4.69, 9.17) is 35.8 Å². The average molecular weight is 1160 g/mol. The van der Waals surface area contributed by atoms with Gasteiger partial charge in [0.15, 0.2) is 0 Å². The summed E-state index contributed by atoms with van der Waals surface area (Å²) < 4.78 is 18.5. The molecule has 3 aromatic carbocycles. The number of aliphatic hydroxyl groups is 1. The number of hydrogen-bond donors (Lipinski definition) is 3. The number of aromatic nitrogens is 3. The molecule has 2 bridgehead atoms. The number of benzene rings is 3. The summed E-state index contributed by atoms with van der Waals surface area (Å²) in [4.78, 5) is 81.3. The summed E-state index contributed by atoms with van der Waals surface area (Å²) >= 11 is 8.43. The number of anilines is 2. The largest absolute Gasteiger partial charge is 0.462 e. The van der Waals surface area contributed by atoms with Gasteiger partial charge in [-0.2, -0.15) is 9.97 Å². The average Bonchev–Trinajstić information content (AvgIpc) is 3.46. The standard InChI is InChI=1S/C62H81ClN10O8S/c1-38(40-18-20-42(21-19-40)54-39(2)64-37-82-54)65-57(76)51-31-46(74)34-72(51)58(77)55(61(3,4)5)67-52(75)25-30-79-29-12-27-69-26-11-15-45(69)36-80-59-66-49-35-70(50-17-10-14-41-13-9-16-48(63)53(41)50)28-24-47(49)56(68-59)71-32-43-22-23-44(33-71)73(43)60(78)81-62(6,7)8/h9-10,13-14,16-21,37-38,43-46,51,55,74H,11-12,15,22-36H2,1-8H3,(H,65,76)(H,67,75)/t38-,43?,44?,45?,46+,51-,55?/m0/s1. The van der Waals surface area contributed by atoms with Crippen LogP contribution in [0, 0.1) is 12.3 Å². The Morgan fingerprint density at radius 3 is 2.34 bits per heavy atom. The third-order valence-electron chi connectivity index (χ3n) is 16.8. The fourth-order valence-electron chi connectivity index (χ4n) is 12.6. The maximum atomic E-state index is 14.3. The van der Waals surface area contributed by atoms with Crippen LogP contribution in [-0.4, -0.2) is 160 Å². The van der Waals surface area contributed by atoms with Crippen LogP contribution in [0.3, 0.4) is 0 Å². The number of β-amino-alcohol motifs (C(OH)–C–C–N with tert-alkyl or cyclic N) is 1. The number of piperazine rings is 1. The van der Waals surface area contributed by atoms with Crippen LogP contribution in [0.25, 0.3) is 21.2 Å². The third kappa shape index (κ3) is 13.4. The second-order valence-electron chi connectivity index (χ2n) is 25.0. The molecular formula is C62H81ClN10O8S. The third-order valence-corrected chi connectivity index (χ3v) is 18.0. The fourth-order valence-corrected chi connectivity index (χ4v) is 13.7. The zero-order valence-corrected chi connectivity index (χ0v) is 50.4. The second-order valence-corrected chi connectivity index (χ2v) is 26.2. The molecule has 5 aromatic rings. The Bertz CT molecular complexity index is 3090. The Morgan fingerprint density at radius 2 is 1.63 bits per heavy atom. The molecule has 0 saturated carbocycles. The normalized spacial score (nSPS) is 21.9. The lowest BCUT2D eigenvalue weighted by molar-refractivity contribution is -0.144. The van der Waals surface area contributed by atoms with Crippen molar-refractivity contribution in [2.45, 2.75) is 161 Å². The van der Waals surface area contributed by atoms with Gasteiger partial charge in [0, 0.05) is 74.9 Å². The van der Waals surface area contributed by atoms with Crippen LogP contribution in [-0.2, 0) is 36.8 Å². The lowest BCUT2D eigenvalue weighted by Gasteiger charge is -2.43. The van der Waals surface area contributed by atoms with E-state index in [0.717, 1.165) is 113 Å². The quantitative estimate of drug-likeness (QED) is 0.0704. The lowest BCUT2D eigenvalue weighted by Crippen LogP contribution is -2.58. The van der Waals surface area contributed by atoms with Crippen molar-refractivity contribution in [3.05, 3.63) is 93.7 Å². The van der Waals surface area contributed by atoms with E-state index in [2.05, 4.69) is 54.6 Å². The molecule has 3 N–H and O–H groups in total. The number of likely N-dealkylation sites (tertiary alicyclic amines) is 2. The predicted molar refractivity (Wildman–Crippen MR) is 319 cm³/mol. The Hall–Kier alpha value is -6.12. The molecule has 7 atom stereocenters. The number of carbonyl (C=O) groups is 4. The number of nitrogens with zero attached hydrogens (tertiary/aromatic N) is 8. The summed E-state index contributed by atoms with van der Waals surface area (Å²) in [6.45, 7) is 20.7. The van der Waals surface area contributed by atoms with Crippen LogP contribution < -0.4 is 25.2 Å². The number of carbonyl (C=O) groups excluding carboxylic acids is 4. The highest BCUT2D eigenvalue weighted by molar-refractivity contribution is 7.13. The Morgan fingerprint density at radius 1 is 0.890 bits per heavy atom. The highest BCUT2D eigenvalue weighted by Crippen LogP contribution is 2.40. The zero-order valence-electron chi connectivity index (χ0n) is 48.8. The summed E-state index contributed by atoms with van der Waals surface area (Å²) in [7, 11) is 0. The first-order valence-corrected chi connectivity index (χ1v) is 30.6. The summed E-state index contributed by atoms with van der Waals surface area (Å²) in [5, 5.41) is 19.6. The molecule has 5 aliphatic heterocycles. The van der Waals surface area contributed by atoms with E-state index in [9.17, 15) is 24.3 Å². The van der Waals surface area contributed by atoms with Gasteiger partial charge in [0.25, 0.3) is 0 Å². The minimum atomic E-state index is -0.936. The van der Waals surface area contributed by atoms with E-state index in [0.29, 0.717) is 43.9 Å². The van der Waals surface area contributed by atoms with E-state index in [1.807, 2.05) is 102 Å². The number of nitrogens with one attached hydrogen (secondary N) is 2. The Balaban J connectivity index is 0.720. The van der Waals surface area contributed by atoms with Crippen molar-refractivity contribution in [1.29, 1.82) is 0 Å². The number of ether oxygens (including phenoxy) is 3. The van der Waals surface area contributed by atoms with E-state index < -0.39 is 35.1 Å². The maximum absolute atomic E-state index is 14.3. The van der Waals surface area contributed by atoms with Gasteiger partial charge in [-0.25, -0.2) is 9.78 Å². The number of aryl methyl sites for hydroxylation is 1. The van der Waals surface area contributed by atoms with Crippen molar-refractivity contribution in [3.63, 3.8) is 0 Å². The lowest BCUT2D eigenvalue weighted by atomic mass is 9.85. The predicted octanol–water partition coefficient (Wildman–Crippen LogP) is 8.88. The van der Waals surface area contributed by atoms with Crippen molar-refractivity contribution in [3.8, 4) is 16.5 Å². The molecule has 18 nitrogen and oxygen atoms in total. The highest BCUT2D eigenvalue weighted by atomic mass is 35.5. The summed E-state index contributed by atoms with van der Waals surface area (Å²) in [5.74, 6) is -0.206. The minimum Gasteiger partial charge on any atom is -0.462 e. The van der Waals surface area contributed by atoms with Gasteiger partial charge in [-0.3, -0.25) is 24.2 Å². The van der Waals surface area contributed by atoms with Crippen LogP contribution in [0.4, 0.5) is 16.3 Å². The molecule has 0 spiro atoms. The monoisotopic (exact) mass is 1160 g/mol. The van der Waals surface area contributed by atoms with E-state index in [1.165, 1.54) is 4.90 Å². The SMILES string of the molecule is Cc1ncsc1-c1ccc([C@H](C)NC(=O)[C@@H]2C[C@@H](O)CN2C(=O)C(NC(=O)CCOCCCN2CCCC2COc2nc3c(c(N4CC5CCC(C4)N5C(=O)OC(C)(C)C)n2)CCN(c2cccc4cccc(Cl)c24)C3)C(C)(C)C)cc1. The van der Waals surface area contributed by atoms with Crippen molar-refractivity contribution in [2.75, 3.05) is 68.9 Å². The summed E-state index contributed by atoms with van der Waals surface area (Å²) in [6, 6.07) is 18.7. The first kappa shape index (κ1) is 59.1. The van der Waals surface area contributed by atoms with Gasteiger partial charge >= 0.3 is 12.1 Å². The number of hydrogen-bond acceptors (Lipinski definition) is 15. The molecule has 20 heteroatoms. The molecule has 4 fully saturated rings. The molecule has 0 radical (unpaired) electrons. The van der Waals surface area contributed by atoms with Gasteiger partial charge in [0.05, 0.1) is 64.2 Å². The first-order valence-electron chi connectivity index (χ1n) is 29.3. The summed E-state index contributed by atoms with van der Waals surface area (Å²) in [6.07, 6.45) is 4.36. The smallest absolute Gasteiger partial charge is 0.410 e. The first-order chi connectivity index (χ1) is 39.2. The van der Waals surface area contributed by atoms with Gasteiger partial charge in [-0.05, 0) is 114 Å². The Labute approximate surface area is 491 Å². The van der Waals surface area contributed by atoms with E-state index in [1.54, 1.807) is 11.3 Å². The minimum absolute atomic E-state index is 0.00665. The summed E-state index contributed by atoms with van der Waals surface area (Å²) in [5.41, 5.74) is 6.60. The van der Waals surface area contributed by atoms with Crippen molar-refractivity contribution >= 4 is 69.0 Å². The van der Waals surface area contributed by atoms with Gasteiger partial charge in [-0.1, -0.05) is 80.9 Å². The molecule has 5 aliphatic rings. The molecule has 10 rings (SSSR count). The number of halogens is 1. The molecule has 4 unspecified atom stereocenters. The molecule has 82 heavy (non-hydrogen) atoms. The topological polar surface area (TPSA) is 195 Å². The molecule has 4 amide bonds. The van der Waals surface area contributed by atoms with Crippen LogP contribution in [0.5, 0.6) is 6.01 Å². The van der Waals surface area contributed by atoms with Gasteiger partial charge in [0.2, 0.25) is 17.7 Å². The second kappa shape index (κ2) is 25.0. The number of fused-ring (bicyclic) bond motifs is 4.